The highest BCUT2D eigenvalue weighted by atomic mass is 32.1. The number of hydrazine groups is 1. The van der Waals surface area contributed by atoms with Crippen molar-refractivity contribution in [2.45, 2.75) is 76.3 Å². The van der Waals surface area contributed by atoms with Gasteiger partial charge in [-0.25, -0.2) is 15.4 Å². The van der Waals surface area contributed by atoms with E-state index in [1.807, 2.05) is 11.1 Å². The Kier molecular flexibility index (Phi) is 5.72. The third-order valence-corrected chi connectivity index (χ3v) is 6.86. The van der Waals surface area contributed by atoms with Crippen LogP contribution in [0.25, 0.3) is 10.2 Å². The van der Waals surface area contributed by atoms with Gasteiger partial charge in [-0.15, -0.1) is 0 Å². The molecule has 2 aromatic rings. The van der Waals surface area contributed by atoms with Gasteiger partial charge in [0.1, 0.15) is 5.66 Å². The van der Waals surface area contributed by atoms with Gasteiger partial charge < -0.3 is 5.32 Å². The average Bonchev–Trinajstić information content (AvgIpc) is 3.19. The molecule has 26 heavy (non-hydrogen) atoms. The van der Waals surface area contributed by atoms with E-state index in [2.05, 4.69) is 28.9 Å². The second-order valence-electron chi connectivity index (χ2n) is 7.61. The normalized spacial score (nSPS) is 22.2. The SMILES string of the molecule is S=C1NC2(CCCCCCCCCCC2)NN1c1nc2ccccc2s1. The molecule has 2 fully saturated rings. The van der Waals surface area contributed by atoms with E-state index in [9.17, 15) is 0 Å². The second kappa shape index (κ2) is 8.19. The van der Waals surface area contributed by atoms with Gasteiger partial charge in [-0.3, -0.25) is 0 Å². The molecule has 1 aromatic heterocycles. The summed E-state index contributed by atoms with van der Waals surface area (Å²) in [5.74, 6) is 0. The fraction of sp³-hybridized carbons (Fsp3) is 0.600. The predicted molar refractivity (Wildman–Crippen MR) is 114 cm³/mol. The molecular formula is C20H28N4S2. The minimum atomic E-state index is -0.103. The van der Waals surface area contributed by atoms with Gasteiger partial charge >= 0.3 is 0 Å². The summed E-state index contributed by atoms with van der Waals surface area (Å²) in [6, 6.07) is 8.28. The van der Waals surface area contributed by atoms with E-state index in [-0.39, 0.29) is 5.66 Å². The van der Waals surface area contributed by atoms with Crippen LogP contribution in [0.1, 0.15) is 70.6 Å². The Hall–Kier alpha value is -1.24. The maximum atomic E-state index is 5.69. The number of thiazole rings is 1. The summed E-state index contributed by atoms with van der Waals surface area (Å²) in [6.07, 6.45) is 14.3. The summed E-state index contributed by atoms with van der Waals surface area (Å²) < 4.78 is 1.20. The van der Waals surface area contributed by atoms with Crippen molar-refractivity contribution < 1.29 is 0 Å². The maximum Gasteiger partial charge on any atom is 0.207 e. The van der Waals surface area contributed by atoms with Gasteiger partial charge in [0.15, 0.2) is 5.11 Å². The van der Waals surface area contributed by atoms with E-state index in [4.69, 9.17) is 17.2 Å². The van der Waals surface area contributed by atoms with Crippen LogP contribution >= 0.6 is 23.6 Å². The van der Waals surface area contributed by atoms with Gasteiger partial charge in [0.05, 0.1) is 10.2 Å². The van der Waals surface area contributed by atoms with Crippen molar-refractivity contribution in [3.63, 3.8) is 0 Å². The number of nitrogens with zero attached hydrogens (tertiary/aromatic N) is 2. The van der Waals surface area contributed by atoms with Crippen LogP contribution in [-0.4, -0.2) is 15.8 Å². The predicted octanol–water partition coefficient (Wildman–Crippen LogP) is 5.50. The van der Waals surface area contributed by atoms with Crippen LogP contribution in [0.2, 0.25) is 0 Å². The summed E-state index contributed by atoms with van der Waals surface area (Å²) in [7, 11) is 0. The molecule has 0 atom stereocenters. The molecule has 1 saturated heterocycles. The first-order valence-electron chi connectivity index (χ1n) is 10.0. The minimum absolute atomic E-state index is 0.103. The van der Waals surface area contributed by atoms with E-state index < -0.39 is 0 Å². The Bertz CT molecular complexity index is 712. The van der Waals surface area contributed by atoms with Crippen molar-refractivity contribution in [3.05, 3.63) is 24.3 Å². The average molecular weight is 389 g/mol. The molecule has 6 heteroatoms. The number of thiocarbonyl (C=S) groups is 1. The maximum absolute atomic E-state index is 5.69. The summed E-state index contributed by atoms with van der Waals surface area (Å²) in [6.45, 7) is 0. The van der Waals surface area contributed by atoms with E-state index in [1.54, 1.807) is 11.3 Å². The molecule has 0 radical (unpaired) electrons. The topological polar surface area (TPSA) is 40.2 Å². The Morgan fingerprint density at radius 1 is 0.923 bits per heavy atom. The largest absolute Gasteiger partial charge is 0.342 e. The van der Waals surface area contributed by atoms with E-state index in [0.29, 0.717) is 0 Å². The Labute approximate surface area is 165 Å². The number of fused-ring (bicyclic) bond motifs is 1. The zero-order chi connectivity index (χ0) is 17.8. The molecule has 0 amide bonds. The van der Waals surface area contributed by atoms with Crippen molar-refractivity contribution >= 4 is 44.0 Å². The summed E-state index contributed by atoms with van der Waals surface area (Å²) in [5, 5.41) is 7.33. The highest BCUT2D eigenvalue weighted by Gasteiger charge is 2.40. The quantitative estimate of drug-likeness (QED) is 0.632. The van der Waals surface area contributed by atoms with Gasteiger partial charge in [0.25, 0.3) is 0 Å². The molecule has 2 heterocycles. The van der Waals surface area contributed by atoms with E-state index in [1.165, 1.54) is 62.5 Å². The molecule has 1 spiro atoms. The van der Waals surface area contributed by atoms with Gasteiger partial charge in [-0.1, -0.05) is 68.4 Å². The number of para-hydroxylation sites is 1. The molecule has 1 aliphatic heterocycles. The van der Waals surface area contributed by atoms with Crippen molar-refractivity contribution in [2.24, 2.45) is 0 Å². The van der Waals surface area contributed by atoms with Crippen molar-refractivity contribution in [3.8, 4) is 0 Å². The Morgan fingerprint density at radius 3 is 2.19 bits per heavy atom. The van der Waals surface area contributed by atoms with Crippen LogP contribution in [0.4, 0.5) is 5.13 Å². The smallest absolute Gasteiger partial charge is 0.207 e. The third kappa shape index (κ3) is 4.02. The first kappa shape index (κ1) is 18.1. The molecule has 1 aliphatic carbocycles. The zero-order valence-corrected chi connectivity index (χ0v) is 16.9. The van der Waals surface area contributed by atoms with Crippen LogP contribution in [0, 0.1) is 0 Å². The summed E-state index contributed by atoms with van der Waals surface area (Å²) in [4.78, 5) is 4.78. The monoisotopic (exact) mass is 388 g/mol. The fourth-order valence-electron chi connectivity index (χ4n) is 4.10. The molecule has 1 aromatic carbocycles. The number of nitrogens with one attached hydrogen (secondary N) is 2. The lowest BCUT2D eigenvalue weighted by Crippen LogP contribution is -2.51. The summed E-state index contributed by atoms with van der Waals surface area (Å²) in [5.41, 5.74) is 4.65. The molecule has 140 valence electrons. The van der Waals surface area contributed by atoms with Gasteiger partial charge in [0, 0.05) is 0 Å². The number of hydrogen-bond acceptors (Lipinski definition) is 4. The molecule has 4 nitrogen and oxygen atoms in total. The third-order valence-electron chi connectivity index (χ3n) is 5.56. The molecular weight excluding hydrogens is 360 g/mol. The van der Waals surface area contributed by atoms with E-state index in [0.717, 1.165) is 28.6 Å². The number of benzene rings is 1. The van der Waals surface area contributed by atoms with Gasteiger partial charge in [0.2, 0.25) is 5.13 Å². The van der Waals surface area contributed by atoms with Crippen molar-refractivity contribution in [1.82, 2.24) is 15.7 Å². The number of hydrogen-bond donors (Lipinski definition) is 2. The highest BCUT2D eigenvalue weighted by Crippen LogP contribution is 2.33. The summed E-state index contributed by atoms with van der Waals surface area (Å²) >= 11 is 7.38. The lowest BCUT2D eigenvalue weighted by Gasteiger charge is -2.30. The Morgan fingerprint density at radius 2 is 1.54 bits per heavy atom. The first-order chi connectivity index (χ1) is 12.8. The highest BCUT2D eigenvalue weighted by molar-refractivity contribution is 7.80. The molecule has 0 unspecified atom stereocenters. The molecule has 2 N–H and O–H groups in total. The lowest BCUT2D eigenvalue weighted by atomic mass is 9.93. The van der Waals surface area contributed by atoms with Crippen molar-refractivity contribution in [1.29, 1.82) is 0 Å². The molecule has 4 rings (SSSR count). The Balaban J connectivity index is 1.51. The van der Waals surface area contributed by atoms with E-state index >= 15 is 0 Å². The molecule has 2 aliphatic rings. The van der Waals surface area contributed by atoms with Crippen molar-refractivity contribution in [2.75, 3.05) is 5.01 Å². The zero-order valence-electron chi connectivity index (χ0n) is 15.3. The van der Waals surface area contributed by atoms with Crippen LogP contribution < -0.4 is 15.8 Å². The van der Waals surface area contributed by atoms with Crippen LogP contribution in [0.15, 0.2) is 24.3 Å². The van der Waals surface area contributed by atoms with Crippen LogP contribution in [0.3, 0.4) is 0 Å². The number of anilines is 1. The standard InChI is InChI=1S/C20H28N4S2/c25-18-22-20(14-10-6-4-2-1-3-5-7-11-15-20)23-24(18)19-21-16-12-8-9-13-17(16)26-19/h8-9,12-13,23H,1-7,10-11,14-15H2,(H,22,25). The lowest BCUT2D eigenvalue weighted by molar-refractivity contribution is 0.268. The molecule has 0 bridgehead atoms. The second-order valence-corrected chi connectivity index (χ2v) is 9.00. The molecule has 1 saturated carbocycles. The van der Waals surface area contributed by atoms with Crippen LogP contribution in [-0.2, 0) is 0 Å². The van der Waals surface area contributed by atoms with Crippen LogP contribution in [0.5, 0.6) is 0 Å². The number of rotatable bonds is 1. The van der Waals surface area contributed by atoms with Gasteiger partial charge in [-0.2, -0.15) is 0 Å². The number of aromatic nitrogens is 1. The fourth-order valence-corrected chi connectivity index (χ4v) is 5.42. The minimum Gasteiger partial charge on any atom is -0.342 e. The first-order valence-corrected chi connectivity index (χ1v) is 11.2. The van der Waals surface area contributed by atoms with Gasteiger partial charge in [-0.05, 0) is 50.0 Å².